The molecular weight excluding hydrogens is 516 g/mol. The van der Waals surface area contributed by atoms with Crippen LogP contribution in [0.15, 0.2) is 48.5 Å². The van der Waals surface area contributed by atoms with Crippen LogP contribution >= 0.6 is 11.5 Å². The van der Waals surface area contributed by atoms with Gasteiger partial charge in [-0.1, -0.05) is 37.1 Å². The zero-order chi connectivity index (χ0) is 28.1. The second kappa shape index (κ2) is 12.2. The molecule has 206 valence electrons. The molecule has 0 radical (unpaired) electrons. The first-order valence-electron chi connectivity index (χ1n) is 12.9. The van der Waals surface area contributed by atoms with Gasteiger partial charge in [-0.2, -0.15) is 4.37 Å². The predicted octanol–water partition coefficient (Wildman–Crippen LogP) is 3.74. The van der Waals surface area contributed by atoms with E-state index in [1.54, 1.807) is 24.3 Å². The molecule has 1 aliphatic carbocycles. The van der Waals surface area contributed by atoms with Crippen LogP contribution in [-0.2, 0) is 4.79 Å². The smallest absolute Gasteiger partial charge is 0.273 e. The average Bonchev–Trinajstić information content (AvgIpc) is 3.57. The predicted molar refractivity (Wildman–Crippen MR) is 153 cm³/mol. The van der Waals surface area contributed by atoms with E-state index in [4.69, 9.17) is 16.2 Å². The van der Waals surface area contributed by atoms with Crippen LogP contribution < -0.4 is 31.3 Å². The number of carbonyl (C=O) groups excluding carboxylic acids is 3. The van der Waals surface area contributed by atoms with E-state index in [9.17, 15) is 14.4 Å². The number of aromatic nitrogens is 1. The molecule has 0 unspecified atom stereocenters. The maximum atomic E-state index is 14.3. The Bertz CT molecular complexity index is 1330. The second-order valence-corrected chi connectivity index (χ2v) is 10.4. The number of rotatable bonds is 10. The summed E-state index contributed by atoms with van der Waals surface area (Å²) in [4.78, 5) is 43.6. The van der Waals surface area contributed by atoms with Crippen molar-refractivity contribution in [1.29, 1.82) is 0 Å². The SMILES string of the molecule is CCOc1ccccc1N(C(=O)c1snc(C(N)=O)c1N)[C@@H](C(=O)NC1CCCC1)c1ccc(N(C)C)cc1. The van der Waals surface area contributed by atoms with E-state index in [0.717, 1.165) is 42.9 Å². The number of carbonyl (C=O) groups is 3. The van der Waals surface area contributed by atoms with Crippen LogP contribution in [0.1, 0.15) is 64.4 Å². The van der Waals surface area contributed by atoms with E-state index < -0.39 is 17.9 Å². The molecule has 1 heterocycles. The van der Waals surface area contributed by atoms with Crippen molar-refractivity contribution in [2.24, 2.45) is 5.73 Å². The summed E-state index contributed by atoms with van der Waals surface area (Å²) in [5.74, 6) is -1.32. The van der Waals surface area contributed by atoms with Crippen molar-refractivity contribution in [3.63, 3.8) is 0 Å². The third-order valence-corrected chi connectivity index (χ3v) is 7.58. The van der Waals surface area contributed by atoms with Crippen molar-refractivity contribution in [3.8, 4) is 5.75 Å². The molecule has 39 heavy (non-hydrogen) atoms. The Hall–Kier alpha value is -4.12. The topological polar surface area (TPSA) is 144 Å². The Morgan fingerprint density at radius 3 is 2.36 bits per heavy atom. The number of amides is 3. The number of hydrogen-bond donors (Lipinski definition) is 3. The van der Waals surface area contributed by atoms with Crippen LogP contribution in [0.5, 0.6) is 5.75 Å². The van der Waals surface area contributed by atoms with Gasteiger partial charge in [-0.3, -0.25) is 19.3 Å². The fraction of sp³-hybridized carbons (Fsp3) is 0.357. The number of para-hydroxylation sites is 2. The molecule has 4 rings (SSSR count). The molecule has 1 aliphatic rings. The summed E-state index contributed by atoms with van der Waals surface area (Å²) in [5.41, 5.74) is 13.2. The number of anilines is 3. The lowest BCUT2D eigenvalue weighted by atomic mass is 10.0. The third-order valence-electron chi connectivity index (χ3n) is 6.73. The molecule has 11 heteroatoms. The molecule has 10 nitrogen and oxygen atoms in total. The highest BCUT2D eigenvalue weighted by molar-refractivity contribution is 7.09. The third kappa shape index (κ3) is 5.98. The molecule has 3 aromatic rings. The van der Waals surface area contributed by atoms with Crippen LogP contribution in [0.4, 0.5) is 17.1 Å². The zero-order valence-corrected chi connectivity index (χ0v) is 23.2. The lowest BCUT2D eigenvalue weighted by molar-refractivity contribution is -0.123. The zero-order valence-electron chi connectivity index (χ0n) is 22.3. The second-order valence-electron chi connectivity index (χ2n) is 9.59. The molecule has 3 amide bonds. The Morgan fingerprint density at radius 2 is 1.77 bits per heavy atom. The highest BCUT2D eigenvalue weighted by Crippen LogP contribution is 2.38. The van der Waals surface area contributed by atoms with Crippen LogP contribution in [0.3, 0.4) is 0 Å². The van der Waals surface area contributed by atoms with Crippen molar-refractivity contribution in [3.05, 3.63) is 64.7 Å². The first-order chi connectivity index (χ1) is 18.7. The number of hydrogen-bond acceptors (Lipinski definition) is 8. The first kappa shape index (κ1) is 27.9. The van der Waals surface area contributed by atoms with Gasteiger partial charge in [0.15, 0.2) is 5.69 Å². The molecule has 0 bridgehead atoms. The van der Waals surface area contributed by atoms with Gasteiger partial charge >= 0.3 is 0 Å². The van der Waals surface area contributed by atoms with Gasteiger partial charge in [0.1, 0.15) is 16.7 Å². The maximum Gasteiger partial charge on any atom is 0.273 e. The summed E-state index contributed by atoms with van der Waals surface area (Å²) >= 11 is 0.772. The van der Waals surface area contributed by atoms with Gasteiger partial charge in [-0.15, -0.1) is 0 Å². The van der Waals surface area contributed by atoms with Crippen molar-refractivity contribution < 1.29 is 19.1 Å². The number of nitrogens with zero attached hydrogens (tertiary/aromatic N) is 3. The van der Waals surface area contributed by atoms with Crippen LogP contribution in [0.2, 0.25) is 0 Å². The van der Waals surface area contributed by atoms with E-state index >= 15 is 0 Å². The van der Waals surface area contributed by atoms with E-state index in [1.807, 2.05) is 50.2 Å². The van der Waals surface area contributed by atoms with E-state index in [1.165, 1.54) is 4.90 Å². The van der Waals surface area contributed by atoms with E-state index in [0.29, 0.717) is 23.6 Å². The Balaban J connectivity index is 1.90. The minimum absolute atomic E-state index is 0.0127. The lowest BCUT2D eigenvalue weighted by Gasteiger charge is -2.33. The quantitative estimate of drug-likeness (QED) is 0.349. The number of ether oxygens (including phenoxy) is 1. The molecular formula is C28H34N6O4S. The number of nitrogens with one attached hydrogen (secondary N) is 1. The van der Waals surface area contributed by atoms with Gasteiger partial charge in [0.25, 0.3) is 11.8 Å². The minimum Gasteiger partial charge on any atom is -0.492 e. The van der Waals surface area contributed by atoms with E-state index in [-0.39, 0.29) is 28.2 Å². The Morgan fingerprint density at radius 1 is 1.10 bits per heavy atom. The Kier molecular flexibility index (Phi) is 8.70. The number of primary amides is 1. The largest absolute Gasteiger partial charge is 0.492 e. The summed E-state index contributed by atoms with van der Waals surface area (Å²) in [5, 5.41) is 3.16. The highest BCUT2D eigenvalue weighted by atomic mass is 32.1. The van der Waals surface area contributed by atoms with Crippen LogP contribution in [0.25, 0.3) is 0 Å². The van der Waals surface area contributed by atoms with Crippen molar-refractivity contribution in [2.75, 3.05) is 36.2 Å². The average molecular weight is 551 g/mol. The standard InChI is InChI=1S/C28H34N6O4S/c1-4-38-21-12-8-7-11-20(21)34(28(37)25-22(29)23(26(30)35)32-39-25)24(27(36)31-18-9-5-6-10-18)17-13-15-19(16-14-17)33(2)3/h7-8,11-16,18,24H,4-6,9-10,29H2,1-3H3,(H2,30,35)(H,31,36)/t24-/m1/s1. The maximum absolute atomic E-state index is 14.3. The summed E-state index contributed by atoms with van der Waals surface area (Å²) < 4.78 is 9.90. The molecule has 5 N–H and O–H groups in total. The molecule has 1 aromatic heterocycles. The fourth-order valence-electron chi connectivity index (χ4n) is 4.76. The molecule has 2 aromatic carbocycles. The van der Waals surface area contributed by atoms with Gasteiger partial charge < -0.3 is 26.4 Å². The normalized spacial score (nSPS) is 14.0. The molecule has 1 fully saturated rings. The van der Waals surface area contributed by atoms with Gasteiger partial charge in [0.2, 0.25) is 5.91 Å². The number of nitrogens with two attached hydrogens (primary N) is 2. The van der Waals surface area contributed by atoms with Gasteiger partial charge in [-0.25, -0.2) is 0 Å². The summed E-state index contributed by atoms with van der Waals surface area (Å²) in [7, 11) is 3.85. The summed E-state index contributed by atoms with van der Waals surface area (Å²) in [6, 6.07) is 13.5. The lowest BCUT2D eigenvalue weighted by Crippen LogP contribution is -2.46. The van der Waals surface area contributed by atoms with E-state index in [2.05, 4.69) is 9.69 Å². The Labute approximate surface area is 232 Å². The molecule has 0 aliphatic heterocycles. The van der Waals surface area contributed by atoms with Crippen LogP contribution in [-0.4, -0.2) is 48.8 Å². The number of nitrogen functional groups attached to an aromatic ring is 1. The monoisotopic (exact) mass is 550 g/mol. The fourth-order valence-corrected chi connectivity index (χ4v) is 5.50. The number of benzene rings is 2. The highest BCUT2D eigenvalue weighted by Gasteiger charge is 2.38. The first-order valence-corrected chi connectivity index (χ1v) is 13.7. The summed E-state index contributed by atoms with van der Waals surface area (Å²) in [6.07, 6.45) is 3.84. The molecule has 0 saturated heterocycles. The van der Waals surface area contributed by atoms with Crippen LogP contribution in [0, 0.1) is 0 Å². The van der Waals surface area contributed by atoms with Gasteiger partial charge in [0.05, 0.1) is 18.0 Å². The molecule has 1 saturated carbocycles. The van der Waals surface area contributed by atoms with Crippen molar-refractivity contribution in [1.82, 2.24) is 9.69 Å². The minimum atomic E-state index is -1.06. The van der Waals surface area contributed by atoms with Crippen molar-refractivity contribution >= 4 is 46.3 Å². The van der Waals surface area contributed by atoms with Gasteiger partial charge in [-0.05, 0) is 61.1 Å². The summed E-state index contributed by atoms with van der Waals surface area (Å²) in [6.45, 7) is 2.19. The van der Waals surface area contributed by atoms with Gasteiger partial charge in [0, 0.05) is 25.8 Å². The molecule has 0 spiro atoms. The molecule has 1 atom stereocenters. The van der Waals surface area contributed by atoms with Crippen molar-refractivity contribution in [2.45, 2.75) is 44.7 Å².